The maximum Gasteiger partial charge on any atom is 0.191 e. The maximum absolute atomic E-state index is 5.64. The van der Waals surface area contributed by atoms with Crippen molar-refractivity contribution in [3.8, 4) is 0 Å². The van der Waals surface area contributed by atoms with Crippen LogP contribution >= 0.6 is 24.0 Å². The number of guanidine groups is 1. The van der Waals surface area contributed by atoms with Gasteiger partial charge in [-0.1, -0.05) is 37.1 Å². The predicted octanol–water partition coefficient (Wildman–Crippen LogP) is 4.59. The topological polar surface area (TPSA) is 63.5 Å². The van der Waals surface area contributed by atoms with Crippen LogP contribution in [0.1, 0.15) is 57.1 Å². The smallest absolute Gasteiger partial charge is 0.191 e. The molecule has 1 heterocycles. The minimum Gasteiger partial charge on any atom is -0.382 e. The van der Waals surface area contributed by atoms with Crippen molar-refractivity contribution in [1.82, 2.24) is 20.2 Å². The van der Waals surface area contributed by atoms with Gasteiger partial charge in [-0.05, 0) is 49.7 Å². The van der Waals surface area contributed by atoms with Crippen LogP contribution in [0, 0.1) is 5.41 Å². The molecule has 2 aromatic rings. The van der Waals surface area contributed by atoms with Gasteiger partial charge in [0, 0.05) is 45.2 Å². The number of halogens is 1. The van der Waals surface area contributed by atoms with E-state index in [0.717, 1.165) is 45.2 Å². The summed E-state index contributed by atoms with van der Waals surface area (Å²) in [7, 11) is 0. The number of rotatable bonds is 11. The maximum atomic E-state index is 5.64. The molecule has 2 N–H and O–H groups in total. The minimum atomic E-state index is 0. The Hall–Kier alpha value is -1.61. The van der Waals surface area contributed by atoms with Crippen LogP contribution in [-0.2, 0) is 17.8 Å². The zero-order valence-corrected chi connectivity index (χ0v) is 21.3. The average Bonchev–Trinajstić information content (AvgIpc) is 3.44. The van der Waals surface area contributed by atoms with Crippen molar-refractivity contribution in [2.45, 2.75) is 59.0 Å². The lowest BCUT2D eigenvalue weighted by atomic mass is 9.83. The lowest BCUT2D eigenvalue weighted by molar-refractivity contribution is 0.105. The van der Waals surface area contributed by atoms with Gasteiger partial charge in [-0.2, -0.15) is 0 Å². The van der Waals surface area contributed by atoms with Gasteiger partial charge in [0.1, 0.15) is 0 Å². The second-order valence-electron chi connectivity index (χ2n) is 8.25. The number of aromatic nitrogens is 2. The van der Waals surface area contributed by atoms with E-state index >= 15 is 0 Å². The Kier molecular flexibility index (Phi) is 11.4. The van der Waals surface area contributed by atoms with Crippen molar-refractivity contribution >= 4 is 29.9 Å². The molecule has 0 bridgehead atoms. The summed E-state index contributed by atoms with van der Waals surface area (Å²) in [5, 5.41) is 7.01. The number of imidazole rings is 1. The highest BCUT2D eigenvalue weighted by atomic mass is 127. The van der Waals surface area contributed by atoms with Crippen molar-refractivity contribution in [3.63, 3.8) is 0 Å². The number of ether oxygens (including phenoxy) is 1. The predicted molar refractivity (Wildman–Crippen MR) is 138 cm³/mol. The van der Waals surface area contributed by atoms with Gasteiger partial charge in [-0.15, -0.1) is 24.0 Å². The molecule has 0 saturated heterocycles. The summed E-state index contributed by atoms with van der Waals surface area (Å²) in [5.41, 5.74) is 2.83. The van der Waals surface area contributed by atoms with E-state index in [1.165, 1.54) is 36.8 Å². The first-order chi connectivity index (χ1) is 14.7. The fraction of sp³-hybridized carbons (Fsp3) is 0.583. The zero-order chi connectivity index (χ0) is 21.1. The largest absolute Gasteiger partial charge is 0.382 e. The number of hydrogen-bond acceptors (Lipinski definition) is 3. The van der Waals surface area contributed by atoms with E-state index in [0.29, 0.717) is 12.0 Å². The van der Waals surface area contributed by atoms with Gasteiger partial charge < -0.3 is 19.9 Å². The molecule has 0 radical (unpaired) electrons. The number of nitrogens with zero attached hydrogens (tertiary/aromatic N) is 3. The molecule has 0 spiro atoms. The molecule has 6 nitrogen and oxygen atoms in total. The minimum absolute atomic E-state index is 0. The van der Waals surface area contributed by atoms with Crippen molar-refractivity contribution in [2.75, 3.05) is 26.3 Å². The van der Waals surface area contributed by atoms with Crippen molar-refractivity contribution in [2.24, 2.45) is 10.4 Å². The molecule has 1 aliphatic carbocycles. The normalized spacial score (nSPS) is 15.5. The fourth-order valence-electron chi connectivity index (χ4n) is 4.20. The Morgan fingerprint density at radius 2 is 1.87 bits per heavy atom. The van der Waals surface area contributed by atoms with Crippen LogP contribution in [-0.4, -0.2) is 41.8 Å². The summed E-state index contributed by atoms with van der Waals surface area (Å²) >= 11 is 0. The van der Waals surface area contributed by atoms with Crippen LogP contribution in [0.25, 0.3) is 0 Å². The van der Waals surface area contributed by atoms with Crippen LogP contribution in [0.15, 0.2) is 48.0 Å². The second-order valence-corrected chi connectivity index (χ2v) is 8.25. The van der Waals surface area contributed by atoms with Gasteiger partial charge in [0.2, 0.25) is 0 Å². The Morgan fingerprint density at radius 1 is 1.13 bits per heavy atom. The highest BCUT2D eigenvalue weighted by Crippen LogP contribution is 2.40. The molecule has 172 valence electrons. The van der Waals surface area contributed by atoms with Gasteiger partial charge in [-0.3, -0.25) is 0 Å². The van der Waals surface area contributed by atoms with E-state index in [-0.39, 0.29) is 24.0 Å². The Bertz CT molecular complexity index is 755. The van der Waals surface area contributed by atoms with Gasteiger partial charge >= 0.3 is 0 Å². The van der Waals surface area contributed by atoms with Gasteiger partial charge in [0.25, 0.3) is 0 Å². The zero-order valence-electron chi connectivity index (χ0n) is 19.0. The Morgan fingerprint density at radius 3 is 2.52 bits per heavy atom. The molecule has 3 rings (SSSR count). The molecule has 1 aromatic heterocycles. The average molecular weight is 540 g/mol. The Balaban J connectivity index is 0.00000341. The number of nitrogens with one attached hydrogen (secondary N) is 2. The molecule has 1 aromatic carbocycles. The van der Waals surface area contributed by atoms with Crippen LogP contribution in [0.4, 0.5) is 0 Å². The third-order valence-electron chi connectivity index (χ3n) is 5.99. The summed E-state index contributed by atoms with van der Waals surface area (Å²) in [6, 6.07) is 8.68. The first-order valence-electron chi connectivity index (χ1n) is 11.4. The molecular weight excluding hydrogens is 501 g/mol. The Labute approximate surface area is 204 Å². The first-order valence-corrected chi connectivity index (χ1v) is 11.4. The lowest BCUT2D eigenvalue weighted by Gasteiger charge is -2.30. The van der Waals surface area contributed by atoms with E-state index < -0.39 is 0 Å². The summed E-state index contributed by atoms with van der Waals surface area (Å²) in [5.74, 6) is 0.905. The standard InChI is InChI=1S/C24H37N5O.HI/c1-3-26-23(28-19-24(11-5-6-12-24)13-16-30-4-2)27-17-21-7-9-22(10-8-21)18-29-15-14-25-20-29;/h7-10,14-15,20H,3-6,11-13,16-19H2,1-2H3,(H2,26,27,28);1H. The molecule has 31 heavy (non-hydrogen) atoms. The molecule has 0 atom stereocenters. The third kappa shape index (κ3) is 8.44. The van der Waals surface area contributed by atoms with Crippen LogP contribution < -0.4 is 10.6 Å². The molecule has 1 aliphatic rings. The van der Waals surface area contributed by atoms with E-state index in [2.05, 4.69) is 58.3 Å². The number of benzene rings is 1. The fourth-order valence-corrected chi connectivity index (χ4v) is 4.20. The molecule has 7 heteroatoms. The monoisotopic (exact) mass is 539 g/mol. The third-order valence-corrected chi connectivity index (χ3v) is 5.99. The molecular formula is C24H38IN5O. The van der Waals surface area contributed by atoms with Crippen LogP contribution in [0.2, 0.25) is 0 Å². The van der Waals surface area contributed by atoms with Gasteiger partial charge in [-0.25, -0.2) is 9.98 Å². The summed E-state index contributed by atoms with van der Waals surface area (Å²) in [6.45, 7) is 9.19. The number of hydrogen-bond donors (Lipinski definition) is 2. The lowest BCUT2D eigenvalue weighted by Crippen LogP contribution is -2.43. The number of aliphatic imine (C=N–C) groups is 1. The summed E-state index contributed by atoms with van der Waals surface area (Å²) in [4.78, 5) is 8.92. The molecule has 0 amide bonds. The highest BCUT2D eigenvalue weighted by molar-refractivity contribution is 14.0. The van der Waals surface area contributed by atoms with Gasteiger partial charge in [0.15, 0.2) is 5.96 Å². The van der Waals surface area contributed by atoms with Crippen molar-refractivity contribution in [3.05, 3.63) is 54.1 Å². The van der Waals surface area contributed by atoms with E-state index in [1.807, 2.05) is 18.7 Å². The molecule has 0 unspecified atom stereocenters. The van der Waals surface area contributed by atoms with Gasteiger partial charge in [0.05, 0.1) is 12.9 Å². The molecule has 0 aliphatic heterocycles. The van der Waals surface area contributed by atoms with E-state index in [9.17, 15) is 0 Å². The van der Waals surface area contributed by atoms with Crippen LogP contribution in [0.5, 0.6) is 0 Å². The van der Waals surface area contributed by atoms with E-state index in [4.69, 9.17) is 9.73 Å². The van der Waals surface area contributed by atoms with Crippen LogP contribution in [0.3, 0.4) is 0 Å². The summed E-state index contributed by atoms with van der Waals surface area (Å²) in [6.07, 6.45) is 12.0. The molecule has 1 saturated carbocycles. The van der Waals surface area contributed by atoms with E-state index in [1.54, 1.807) is 0 Å². The second kappa shape index (κ2) is 13.7. The SMILES string of the molecule is CCNC(=NCc1ccc(Cn2ccnc2)cc1)NCC1(CCOCC)CCCC1.I. The van der Waals surface area contributed by atoms with Crippen molar-refractivity contribution < 1.29 is 4.74 Å². The highest BCUT2D eigenvalue weighted by Gasteiger charge is 2.33. The molecule has 1 fully saturated rings. The quantitative estimate of drug-likeness (QED) is 0.190. The van der Waals surface area contributed by atoms with Crippen molar-refractivity contribution in [1.29, 1.82) is 0 Å². The summed E-state index contributed by atoms with van der Waals surface area (Å²) < 4.78 is 7.72. The first kappa shape index (κ1) is 25.6.